The summed E-state index contributed by atoms with van der Waals surface area (Å²) >= 11 is 0.750. The minimum atomic E-state index is -0.0602. The molecule has 0 aliphatic carbocycles. The summed E-state index contributed by atoms with van der Waals surface area (Å²) in [7, 11) is 0. The van der Waals surface area contributed by atoms with E-state index in [2.05, 4.69) is 9.78 Å². The van der Waals surface area contributed by atoms with Gasteiger partial charge in [0.15, 0.2) is 0 Å². The molecule has 0 bridgehead atoms. The standard InChI is InChI=1S/2C3H8O2.2ClH.O.Ti/c2*1-3(2)5-4;;;;/h2*3-4H,1-2H3;2*1H;;. The van der Waals surface area contributed by atoms with E-state index in [1.165, 1.54) is 0 Å². The van der Waals surface area contributed by atoms with Crippen LogP contribution in [0.2, 0.25) is 0 Å². The van der Waals surface area contributed by atoms with Crippen LogP contribution in [0.15, 0.2) is 0 Å². The van der Waals surface area contributed by atoms with Crippen LogP contribution in [0.3, 0.4) is 0 Å². The average molecular weight is 289 g/mol. The topological polar surface area (TPSA) is 76.0 Å². The molecule has 0 aliphatic rings. The minimum absolute atomic E-state index is 0. The fourth-order valence-corrected chi connectivity index (χ4v) is 0. The molecule has 14 heavy (non-hydrogen) atoms. The molecule has 0 aliphatic heterocycles. The van der Waals surface area contributed by atoms with E-state index in [0.717, 1.165) is 20.4 Å². The molecule has 0 amide bonds. The second-order valence-electron chi connectivity index (χ2n) is 2.31. The molecule has 5 nitrogen and oxygen atoms in total. The van der Waals surface area contributed by atoms with Crippen molar-refractivity contribution < 1.29 is 44.0 Å². The third-order valence-corrected chi connectivity index (χ3v) is 0.422. The van der Waals surface area contributed by atoms with Crippen LogP contribution in [0.5, 0.6) is 0 Å². The Hall–Kier alpha value is 0.934. The third kappa shape index (κ3) is 75.7. The van der Waals surface area contributed by atoms with E-state index in [0.29, 0.717) is 0 Å². The molecule has 0 saturated carbocycles. The van der Waals surface area contributed by atoms with Crippen molar-refractivity contribution in [3.8, 4) is 0 Å². The van der Waals surface area contributed by atoms with E-state index in [4.69, 9.17) is 13.8 Å². The van der Waals surface area contributed by atoms with Gasteiger partial charge in [-0.2, -0.15) is 0 Å². The fraction of sp³-hybridized carbons (Fsp3) is 1.00. The second kappa shape index (κ2) is 29.2. The van der Waals surface area contributed by atoms with Crippen LogP contribution in [-0.2, 0) is 33.5 Å². The van der Waals surface area contributed by atoms with Crippen molar-refractivity contribution in [1.29, 1.82) is 0 Å². The van der Waals surface area contributed by atoms with E-state index >= 15 is 0 Å². The predicted molar refractivity (Wildman–Crippen MR) is 52.9 cm³/mol. The van der Waals surface area contributed by atoms with E-state index in [1.54, 1.807) is 27.7 Å². The monoisotopic (exact) mass is 288 g/mol. The molecule has 0 aromatic heterocycles. The van der Waals surface area contributed by atoms with Gasteiger partial charge in [0, 0.05) is 0 Å². The SMILES string of the molecule is CC(C)OO.CC(C)OO.Cl.Cl.[O]=[Ti]. The summed E-state index contributed by atoms with van der Waals surface area (Å²) in [6.07, 6.45) is -0.120. The summed E-state index contributed by atoms with van der Waals surface area (Å²) < 4.78 is 8.25. The maximum absolute atomic E-state index is 8.25. The van der Waals surface area contributed by atoms with Gasteiger partial charge in [-0.25, -0.2) is 9.78 Å². The number of rotatable bonds is 2. The molecule has 2 N–H and O–H groups in total. The Kier molecular flexibility index (Phi) is 61.3. The first-order valence-corrected chi connectivity index (χ1v) is 3.99. The van der Waals surface area contributed by atoms with Crippen LogP contribution in [0.25, 0.3) is 0 Å². The zero-order valence-electron chi connectivity index (χ0n) is 8.59. The maximum atomic E-state index is 8.25. The number of hydrogen-bond acceptors (Lipinski definition) is 5. The zero-order chi connectivity index (χ0) is 10.6. The number of halogens is 2. The van der Waals surface area contributed by atoms with Crippen molar-refractivity contribution in [2.24, 2.45) is 0 Å². The molecule has 0 unspecified atom stereocenters. The molecule has 0 spiro atoms. The fourth-order valence-electron chi connectivity index (χ4n) is 0. The molecule has 0 fully saturated rings. The van der Waals surface area contributed by atoms with Crippen molar-refractivity contribution in [1.82, 2.24) is 0 Å². The van der Waals surface area contributed by atoms with Gasteiger partial charge >= 0.3 is 23.7 Å². The van der Waals surface area contributed by atoms with Gasteiger partial charge in [0.1, 0.15) is 0 Å². The van der Waals surface area contributed by atoms with E-state index in [1.807, 2.05) is 0 Å². The Bertz CT molecular complexity index is 69.2. The Morgan fingerprint density at radius 2 is 0.929 bits per heavy atom. The van der Waals surface area contributed by atoms with Gasteiger partial charge in [0.2, 0.25) is 0 Å². The van der Waals surface area contributed by atoms with E-state index in [-0.39, 0.29) is 37.0 Å². The summed E-state index contributed by atoms with van der Waals surface area (Å²) in [5.74, 6) is 0. The Morgan fingerprint density at radius 3 is 0.929 bits per heavy atom. The van der Waals surface area contributed by atoms with E-state index in [9.17, 15) is 0 Å². The predicted octanol–water partition coefficient (Wildman–Crippen LogP) is 2.49. The Balaban J connectivity index is -0.0000000292. The molecular weight excluding hydrogens is 271 g/mol. The normalized spacial score (nSPS) is 7.07. The average Bonchev–Trinajstić information content (AvgIpc) is 2.09. The first kappa shape index (κ1) is 29.4. The van der Waals surface area contributed by atoms with Gasteiger partial charge in [-0.05, 0) is 27.7 Å². The van der Waals surface area contributed by atoms with Gasteiger partial charge in [-0.3, -0.25) is 10.5 Å². The Labute approximate surface area is 109 Å². The van der Waals surface area contributed by atoms with Crippen molar-refractivity contribution >= 4 is 24.8 Å². The first-order chi connectivity index (χ1) is 5.54. The second-order valence-corrected chi connectivity index (χ2v) is 2.31. The Morgan fingerprint density at radius 1 is 0.857 bits per heavy atom. The zero-order valence-corrected chi connectivity index (χ0v) is 11.8. The van der Waals surface area contributed by atoms with Crippen LogP contribution in [0, 0.1) is 0 Å². The summed E-state index contributed by atoms with van der Waals surface area (Å²) in [5, 5.41) is 15.3. The molecule has 0 rings (SSSR count). The summed E-state index contributed by atoms with van der Waals surface area (Å²) in [4.78, 5) is 7.50. The molecule has 0 atom stereocenters. The molecule has 90 valence electrons. The summed E-state index contributed by atoms with van der Waals surface area (Å²) in [6, 6.07) is 0. The quantitative estimate of drug-likeness (QED) is 0.464. The molecule has 0 saturated heterocycles. The summed E-state index contributed by atoms with van der Waals surface area (Å²) in [6.45, 7) is 7.00. The van der Waals surface area contributed by atoms with Crippen LogP contribution >= 0.6 is 24.8 Å². The van der Waals surface area contributed by atoms with Crippen LogP contribution in [-0.4, -0.2) is 22.7 Å². The van der Waals surface area contributed by atoms with Gasteiger partial charge in [-0.15, -0.1) is 24.8 Å². The van der Waals surface area contributed by atoms with Gasteiger partial charge in [0.05, 0.1) is 12.2 Å². The van der Waals surface area contributed by atoms with Crippen molar-refractivity contribution in [2.45, 2.75) is 39.9 Å². The molecule has 0 heterocycles. The van der Waals surface area contributed by atoms with Crippen molar-refractivity contribution in [3.63, 3.8) is 0 Å². The van der Waals surface area contributed by atoms with Gasteiger partial charge < -0.3 is 0 Å². The van der Waals surface area contributed by atoms with E-state index < -0.39 is 0 Å². The van der Waals surface area contributed by atoms with Crippen molar-refractivity contribution in [2.75, 3.05) is 0 Å². The molecule has 0 aromatic carbocycles. The third-order valence-electron chi connectivity index (χ3n) is 0.422. The van der Waals surface area contributed by atoms with Gasteiger partial charge in [-0.1, -0.05) is 0 Å². The van der Waals surface area contributed by atoms with Crippen LogP contribution in [0.4, 0.5) is 0 Å². The summed E-state index contributed by atoms with van der Waals surface area (Å²) in [5.41, 5.74) is 0. The van der Waals surface area contributed by atoms with Gasteiger partial charge in [0.25, 0.3) is 0 Å². The van der Waals surface area contributed by atoms with Crippen LogP contribution in [0.1, 0.15) is 27.7 Å². The molecule has 0 aromatic rings. The molecular formula is C6H18Cl2O5Ti. The molecule has 0 radical (unpaired) electrons. The van der Waals surface area contributed by atoms with Crippen LogP contribution < -0.4 is 0 Å². The first-order valence-electron chi connectivity index (χ1n) is 3.35. The number of hydrogen-bond donors (Lipinski definition) is 2. The van der Waals surface area contributed by atoms with Crippen molar-refractivity contribution in [3.05, 3.63) is 0 Å². The molecule has 8 heteroatoms.